The molecule has 9 aromatic carbocycles. The van der Waals surface area contributed by atoms with Gasteiger partial charge < -0.3 is 61.9 Å². The topological polar surface area (TPSA) is 342 Å². The Morgan fingerprint density at radius 1 is 0.319 bits per heavy atom. The van der Waals surface area contributed by atoms with Gasteiger partial charge in [0.05, 0.1) is 67.5 Å². The van der Waals surface area contributed by atoms with Gasteiger partial charge in [-0.25, -0.2) is 28.8 Å². The number of aliphatic hydroxyl groups is 1. The average Bonchev–Trinajstić information content (AvgIpc) is 1.68. The first-order valence-corrected chi connectivity index (χ1v) is 36.0. The zero-order chi connectivity index (χ0) is 78.6. The van der Waals surface area contributed by atoms with Crippen molar-refractivity contribution in [2.75, 3.05) is 26.9 Å². The van der Waals surface area contributed by atoms with E-state index in [2.05, 4.69) is 0 Å². The smallest absolute Gasteiger partial charge is 0.338 e. The Labute approximate surface area is 643 Å². The second kappa shape index (κ2) is 33.0. The molecule has 15 atom stereocenters. The van der Waals surface area contributed by atoms with E-state index in [1.807, 2.05) is 0 Å². The molecule has 5 heterocycles. The van der Waals surface area contributed by atoms with E-state index in [0.717, 1.165) is 12.0 Å². The summed E-state index contributed by atoms with van der Waals surface area (Å²) in [5.74, 6) is -16.5. The van der Waals surface area contributed by atoms with Crippen LogP contribution in [-0.4, -0.2) is 199 Å². The number of imide groups is 2. The lowest BCUT2D eigenvalue weighted by molar-refractivity contribution is -0.364. The van der Waals surface area contributed by atoms with Gasteiger partial charge in [-0.15, -0.1) is 0 Å². The fraction of sp³-hybridized carbons (Fsp3) is 0.233. The third kappa shape index (κ3) is 15.1. The molecule has 4 amide bonds. The summed E-state index contributed by atoms with van der Waals surface area (Å²) >= 11 is 0. The predicted molar refractivity (Wildman–Crippen MR) is 389 cm³/mol. The van der Waals surface area contributed by atoms with Crippen molar-refractivity contribution in [3.05, 3.63) is 322 Å². The molecular weight excluding hydrogens is 1460 g/mol. The van der Waals surface area contributed by atoms with Crippen molar-refractivity contribution in [2.24, 2.45) is 11.8 Å². The van der Waals surface area contributed by atoms with Crippen molar-refractivity contribution >= 4 is 71.0 Å². The fourth-order valence-corrected chi connectivity index (χ4v) is 14.9. The second-order valence-electron chi connectivity index (χ2n) is 27.0. The zero-order valence-corrected chi connectivity index (χ0v) is 59.7. The van der Waals surface area contributed by atoms with Crippen molar-refractivity contribution in [1.82, 2.24) is 9.80 Å². The van der Waals surface area contributed by atoms with E-state index in [1.165, 1.54) is 194 Å². The van der Waals surface area contributed by atoms with E-state index in [9.17, 15) is 24.3 Å². The number of carbonyl (C=O) groups excluding carboxylic acids is 12. The molecule has 3 fully saturated rings. The largest absolute Gasteiger partial charge is 0.459 e. The van der Waals surface area contributed by atoms with Gasteiger partial charge in [0, 0.05) is 18.2 Å². The summed E-state index contributed by atoms with van der Waals surface area (Å²) in [4.78, 5) is 183. The molecule has 113 heavy (non-hydrogen) atoms. The number of aliphatic hydroxyl groups excluding tert-OH is 1. The minimum atomic E-state index is -2.36. The summed E-state index contributed by atoms with van der Waals surface area (Å²) in [6, 6.07) is 58.0. The van der Waals surface area contributed by atoms with Crippen LogP contribution in [0.1, 0.15) is 124 Å². The molecule has 0 spiro atoms. The maximum Gasteiger partial charge on any atom is 0.338 e. The van der Waals surface area contributed by atoms with Crippen molar-refractivity contribution in [1.29, 1.82) is 0 Å². The van der Waals surface area contributed by atoms with Crippen molar-refractivity contribution in [3.63, 3.8) is 0 Å². The van der Waals surface area contributed by atoms with Crippen LogP contribution in [0.4, 0.5) is 0 Å². The first kappa shape index (κ1) is 75.5. The standard InChI is InChI=1S/C86H68N2O25/c1-102-85-65(88-76(94)57-42-24-25-43-58(57)77(88)95)73(111-83(101)52-36-18-7-19-37-52)70(61(108-85)46-105-80(98)49-30-12-4-13-31-49)112-84-63(62-66(89)53-38-20-21-39-54(53)67(62)90)71(109-81(99)50-32-14-5-15-33-50)69(60(107-84)45-104-79(97)48-28-10-3-11-29-48)113-86-64(87-74(92)55-40-22-23-41-56(55)75(87)93)72(110-82(100)51-34-16-6-17-35-51)68(91)59(106-86)44-103-78(96)47-26-8-2-9-27-47/h2-43,59-65,68-73,84-86,91H,44-46H2,1H3. The molecule has 27 heteroatoms. The summed E-state index contributed by atoms with van der Waals surface area (Å²) in [7, 11) is 1.16. The molecule has 27 nitrogen and oxygen atoms in total. The summed E-state index contributed by atoms with van der Waals surface area (Å²) in [5, 5.41) is 12.9. The van der Waals surface area contributed by atoms with E-state index < -0.39 is 189 Å². The maximum absolute atomic E-state index is 15.9. The van der Waals surface area contributed by atoms with Crippen LogP contribution in [0, 0.1) is 11.8 Å². The highest BCUT2D eigenvalue weighted by Crippen LogP contribution is 2.47. The lowest BCUT2D eigenvalue weighted by atomic mass is 9.78. The Hall–Kier alpha value is -12.9. The van der Waals surface area contributed by atoms with E-state index >= 15 is 38.4 Å². The summed E-state index contributed by atoms with van der Waals surface area (Å²) < 4.78 is 79.1. The van der Waals surface area contributed by atoms with Crippen LogP contribution in [0.15, 0.2) is 255 Å². The van der Waals surface area contributed by atoms with Crippen LogP contribution in [0.3, 0.4) is 0 Å². The lowest BCUT2D eigenvalue weighted by Crippen LogP contribution is -2.70. The van der Waals surface area contributed by atoms with Crippen LogP contribution >= 0.6 is 0 Å². The van der Waals surface area contributed by atoms with Gasteiger partial charge in [-0.1, -0.05) is 158 Å². The number of esters is 6. The van der Waals surface area contributed by atoms with Crippen LogP contribution < -0.4 is 0 Å². The monoisotopic (exact) mass is 1530 g/mol. The normalized spacial score (nSPS) is 25.2. The van der Waals surface area contributed by atoms with Gasteiger partial charge in [0.15, 0.2) is 42.6 Å². The van der Waals surface area contributed by atoms with Gasteiger partial charge in [-0.3, -0.25) is 38.6 Å². The molecule has 1 aliphatic carbocycles. The minimum Gasteiger partial charge on any atom is -0.459 e. The zero-order valence-electron chi connectivity index (χ0n) is 59.7. The summed E-state index contributed by atoms with van der Waals surface area (Å²) in [6.45, 7) is -2.80. The molecule has 1 N–H and O–H groups in total. The molecule has 3 saturated heterocycles. The van der Waals surface area contributed by atoms with Gasteiger partial charge >= 0.3 is 35.8 Å². The number of ketones is 2. The lowest BCUT2D eigenvalue weighted by Gasteiger charge is -2.52. The number of Topliss-reactive ketones (excluding diaryl/α,β-unsaturated/α-hetero) is 2. The fourth-order valence-electron chi connectivity index (χ4n) is 14.9. The summed E-state index contributed by atoms with van der Waals surface area (Å²) in [5.41, 5.74) is -1.17. The molecule has 6 aliphatic rings. The van der Waals surface area contributed by atoms with Gasteiger partial charge in [-0.2, -0.15) is 0 Å². The van der Waals surface area contributed by atoms with Crippen molar-refractivity contribution < 1.29 is 119 Å². The molecule has 0 aromatic heterocycles. The number of benzene rings is 9. The molecule has 0 bridgehead atoms. The Bertz CT molecular complexity index is 5030. The van der Waals surface area contributed by atoms with E-state index in [0.29, 0.717) is 4.90 Å². The molecule has 15 unspecified atom stereocenters. The highest BCUT2D eigenvalue weighted by molar-refractivity contribution is 6.27. The third-order valence-electron chi connectivity index (χ3n) is 20.3. The highest BCUT2D eigenvalue weighted by atomic mass is 16.8. The predicted octanol–water partition coefficient (Wildman–Crippen LogP) is 8.83. The van der Waals surface area contributed by atoms with Crippen LogP contribution in [-0.2, 0) is 56.8 Å². The van der Waals surface area contributed by atoms with Gasteiger partial charge in [-0.05, 0) is 97.1 Å². The number of amides is 4. The number of hydrogen-bond acceptors (Lipinski definition) is 25. The number of carbonyl (C=O) groups is 12. The Balaban J connectivity index is 0.935. The third-order valence-corrected chi connectivity index (χ3v) is 20.3. The molecule has 572 valence electrons. The molecule has 9 aromatic rings. The number of nitrogens with zero attached hydrogens (tertiary/aromatic N) is 2. The van der Waals surface area contributed by atoms with Crippen LogP contribution in [0.5, 0.6) is 0 Å². The minimum absolute atomic E-state index is 0.0353. The summed E-state index contributed by atoms with van der Waals surface area (Å²) in [6.07, 6.45) is -25.4. The Kier molecular flexibility index (Phi) is 22.1. The quantitative estimate of drug-likeness (QED) is 0.0270. The van der Waals surface area contributed by atoms with Gasteiger partial charge in [0.1, 0.15) is 74.6 Å². The van der Waals surface area contributed by atoms with Crippen molar-refractivity contribution in [2.45, 2.75) is 85.9 Å². The van der Waals surface area contributed by atoms with E-state index in [-0.39, 0.29) is 66.8 Å². The number of methoxy groups -OCH3 is 1. The highest BCUT2D eigenvalue weighted by Gasteiger charge is 2.65. The van der Waals surface area contributed by atoms with Crippen LogP contribution in [0.2, 0.25) is 0 Å². The van der Waals surface area contributed by atoms with E-state index in [4.69, 9.17) is 56.8 Å². The maximum atomic E-state index is 15.9. The Morgan fingerprint density at radius 2 is 0.593 bits per heavy atom. The van der Waals surface area contributed by atoms with Gasteiger partial charge in [0.25, 0.3) is 23.6 Å². The second-order valence-corrected chi connectivity index (χ2v) is 27.0. The number of hydrogen-bond donors (Lipinski definition) is 1. The number of rotatable bonds is 23. The molecule has 0 radical (unpaired) electrons. The number of ether oxygens (including phenoxy) is 12. The average molecular weight is 1530 g/mol. The molecular formula is C86H68N2O25. The van der Waals surface area contributed by atoms with Gasteiger partial charge in [0.2, 0.25) is 0 Å². The first-order valence-electron chi connectivity index (χ1n) is 36.0. The Morgan fingerprint density at radius 3 is 0.956 bits per heavy atom. The molecule has 0 saturated carbocycles. The SMILES string of the molecule is COC1OC(COC(=O)c2ccccc2)C(OC2OC(COC(=O)c3ccccc3)C(OC3OC(COC(=O)c4ccccc4)C(O)C(OC(=O)c4ccccc4)C3N3C(=O)c4ccccc4C3=O)C(OC(=O)c3ccccc3)C2C2C(=O)c3ccccc3C2=O)C(OC(=O)c2ccccc2)C1N1C(=O)c2ccccc2C1=O. The molecule has 5 aliphatic heterocycles. The van der Waals surface area contributed by atoms with Crippen LogP contribution in [0.25, 0.3) is 0 Å². The molecule has 15 rings (SSSR count). The van der Waals surface area contributed by atoms with E-state index in [1.54, 1.807) is 60.7 Å². The van der Waals surface area contributed by atoms with Crippen molar-refractivity contribution in [3.8, 4) is 0 Å². The first-order chi connectivity index (χ1) is 55.0. The number of fused-ring (bicyclic) bond motifs is 3.